The Morgan fingerprint density at radius 1 is 0.509 bits per heavy atom. The first-order valence-corrected chi connectivity index (χ1v) is 19.0. The summed E-state index contributed by atoms with van der Waals surface area (Å²) in [5.74, 6) is 0.403. The number of rotatable bonds is 5. The van der Waals surface area contributed by atoms with Crippen LogP contribution in [0.2, 0.25) is 0 Å². The smallest absolute Gasteiger partial charge is 0.0543 e. The lowest BCUT2D eigenvalue weighted by Crippen LogP contribution is -2.26. The number of allylic oxidation sites excluding steroid dienone is 4. The van der Waals surface area contributed by atoms with E-state index in [2.05, 4.69) is 202 Å². The Hall–Kier alpha value is -5.92. The number of hydrogen-bond acceptors (Lipinski definition) is 1. The van der Waals surface area contributed by atoms with Crippen LogP contribution in [0.1, 0.15) is 56.4 Å². The Kier molecular flexibility index (Phi) is 7.08. The Bertz CT molecular complexity index is 2520. The van der Waals surface area contributed by atoms with Crippen LogP contribution in [0.5, 0.6) is 0 Å². The summed E-state index contributed by atoms with van der Waals surface area (Å²) < 4.78 is 0. The van der Waals surface area contributed by atoms with Crippen molar-refractivity contribution in [2.45, 2.75) is 44.9 Å². The summed E-state index contributed by atoms with van der Waals surface area (Å²) in [7, 11) is 0. The molecule has 0 radical (unpaired) electrons. The van der Waals surface area contributed by atoms with Gasteiger partial charge in [-0.1, -0.05) is 167 Å². The fourth-order valence-electron chi connectivity index (χ4n) is 9.75. The summed E-state index contributed by atoms with van der Waals surface area (Å²) in [6, 6.07) is 60.3. The minimum atomic E-state index is -0.0554. The van der Waals surface area contributed by atoms with Crippen LogP contribution < -0.4 is 4.90 Å². The quantitative estimate of drug-likeness (QED) is 0.175. The molecule has 0 aromatic heterocycles. The maximum absolute atomic E-state index is 2.60. The van der Waals surface area contributed by atoms with Crippen LogP contribution >= 0.6 is 0 Å². The van der Waals surface area contributed by atoms with Crippen molar-refractivity contribution in [3.8, 4) is 22.3 Å². The van der Waals surface area contributed by atoms with Gasteiger partial charge in [0.05, 0.1) is 5.69 Å². The van der Waals surface area contributed by atoms with Crippen LogP contribution in [-0.4, -0.2) is 0 Å². The van der Waals surface area contributed by atoms with Crippen molar-refractivity contribution in [1.82, 2.24) is 0 Å². The molecule has 0 bridgehead atoms. The van der Waals surface area contributed by atoms with Crippen molar-refractivity contribution in [1.29, 1.82) is 0 Å². The molecular weight excluding hydrogens is 639 g/mol. The molecule has 7 aromatic carbocycles. The first-order valence-electron chi connectivity index (χ1n) is 19.0. The SMILES string of the molecule is CC1(C)C2=C(CC3C(=C2)c2c(cc(N(c4ccc(-c5ccccc5)cc4)c4ccc(-c5ccccc5)cc4)c4ccccc24)C3(C)C)c2ccccc21. The highest BCUT2D eigenvalue weighted by Crippen LogP contribution is 2.62. The molecule has 3 aliphatic carbocycles. The topological polar surface area (TPSA) is 3.24 Å². The van der Waals surface area contributed by atoms with E-state index in [1.54, 1.807) is 5.57 Å². The van der Waals surface area contributed by atoms with Crippen molar-refractivity contribution in [2.24, 2.45) is 5.92 Å². The molecule has 7 aromatic rings. The van der Waals surface area contributed by atoms with E-state index in [0.29, 0.717) is 5.92 Å². The fraction of sp³-hybridized carbons (Fsp3) is 0.154. The first kappa shape index (κ1) is 31.8. The number of benzene rings is 7. The molecule has 1 unspecified atom stereocenters. The highest BCUT2D eigenvalue weighted by atomic mass is 15.1. The van der Waals surface area contributed by atoms with Crippen LogP contribution in [0.3, 0.4) is 0 Å². The van der Waals surface area contributed by atoms with E-state index in [9.17, 15) is 0 Å². The van der Waals surface area contributed by atoms with E-state index in [1.165, 1.54) is 72.1 Å². The van der Waals surface area contributed by atoms with E-state index < -0.39 is 0 Å². The average molecular weight is 682 g/mol. The molecule has 0 amide bonds. The van der Waals surface area contributed by atoms with Gasteiger partial charge in [0.15, 0.2) is 0 Å². The monoisotopic (exact) mass is 681 g/mol. The molecule has 1 atom stereocenters. The third kappa shape index (κ3) is 4.84. The molecule has 0 fully saturated rings. The summed E-state index contributed by atoms with van der Waals surface area (Å²) >= 11 is 0. The molecule has 1 nitrogen and oxygen atoms in total. The zero-order chi connectivity index (χ0) is 35.9. The van der Waals surface area contributed by atoms with Crippen molar-refractivity contribution in [3.63, 3.8) is 0 Å². The maximum Gasteiger partial charge on any atom is 0.0543 e. The molecule has 0 saturated carbocycles. The molecule has 1 heteroatoms. The predicted molar refractivity (Wildman–Crippen MR) is 225 cm³/mol. The third-order valence-electron chi connectivity index (χ3n) is 12.6. The standard InChI is InChI=1S/C52H43N/c1-51(2)45-22-14-13-19-40(45)43-31-47-44(32-46(43)51)50-42-21-12-11-20-41(42)49(33-48(50)52(47,3)4)53(38-27-23-36(24-28-38)34-15-7-5-8-16-34)39-29-25-37(26-30-39)35-17-9-6-10-18-35/h5-30,32-33,47H,31H2,1-4H3. The van der Waals surface area contributed by atoms with Gasteiger partial charge >= 0.3 is 0 Å². The van der Waals surface area contributed by atoms with Crippen LogP contribution in [-0.2, 0) is 10.8 Å². The summed E-state index contributed by atoms with van der Waals surface area (Å²) in [6.45, 7) is 9.80. The van der Waals surface area contributed by atoms with Crippen LogP contribution in [0.25, 0.3) is 44.2 Å². The second kappa shape index (κ2) is 11.8. The van der Waals surface area contributed by atoms with Crippen molar-refractivity contribution in [2.75, 3.05) is 4.90 Å². The first-order chi connectivity index (χ1) is 25.8. The highest BCUT2D eigenvalue weighted by molar-refractivity contribution is 6.08. The Labute approximate surface area is 313 Å². The third-order valence-corrected chi connectivity index (χ3v) is 12.6. The number of hydrogen-bond donors (Lipinski definition) is 0. The zero-order valence-corrected chi connectivity index (χ0v) is 30.9. The maximum atomic E-state index is 2.60. The van der Waals surface area contributed by atoms with Gasteiger partial charge in [0.2, 0.25) is 0 Å². The van der Waals surface area contributed by atoms with Gasteiger partial charge in [-0.25, -0.2) is 0 Å². The lowest BCUT2D eigenvalue weighted by Gasteiger charge is -2.34. The normalized spacial score (nSPS) is 17.5. The van der Waals surface area contributed by atoms with Crippen LogP contribution in [0, 0.1) is 5.92 Å². The molecule has 256 valence electrons. The zero-order valence-electron chi connectivity index (χ0n) is 30.9. The van der Waals surface area contributed by atoms with Crippen LogP contribution in [0.4, 0.5) is 17.1 Å². The van der Waals surface area contributed by atoms with Gasteiger partial charge in [-0.15, -0.1) is 0 Å². The average Bonchev–Trinajstić information content (AvgIpc) is 3.57. The molecule has 0 heterocycles. The van der Waals surface area contributed by atoms with Gasteiger partial charge in [-0.2, -0.15) is 0 Å². The number of anilines is 3. The summed E-state index contributed by atoms with van der Waals surface area (Å²) in [4.78, 5) is 2.48. The van der Waals surface area contributed by atoms with Crippen LogP contribution in [0.15, 0.2) is 175 Å². The lowest BCUT2D eigenvalue weighted by atomic mass is 9.70. The lowest BCUT2D eigenvalue weighted by molar-refractivity contribution is 0.417. The Balaban J connectivity index is 1.17. The predicted octanol–water partition coefficient (Wildman–Crippen LogP) is 14.1. The molecule has 0 aliphatic heterocycles. The van der Waals surface area contributed by atoms with E-state index in [0.717, 1.165) is 17.8 Å². The summed E-state index contributed by atoms with van der Waals surface area (Å²) in [5.41, 5.74) is 18.7. The van der Waals surface area contributed by atoms with E-state index >= 15 is 0 Å². The molecule has 10 rings (SSSR count). The van der Waals surface area contributed by atoms with E-state index in [4.69, 9.17) is 0 Å². The molecule has 0 saturated heterocycles. The van der Waals surface area contributed by atoms with Crippen molar-refractivity contribution < 1.29 is 0 Å². The van der Waals surface area contributed by atoms with Gasteiger partial charge in [-0.3, -0.25) is 0 Å². The van der Waals surface area contributed by atoms with Gasteiger partial charge in [0.25, 0.3) is 0 Å². The minimum absolute atomic E-state index is 0.0127. The fourth-order valence-corrected chi connectivity index (χ4v) is 9.75. The van der Waals surface area contributed by atoms with Gasteiger partial charge in [0, 0.05) is 22.2 Å². The van der Waals surface area contributed by atoms with Gasteiger partial charge < -0.3 is 4.90 Å². The molecule has 3 aliphatic rings. The van der Waals surface area contributed by atoms with E-state index in [-0.39, 0.29) is 10.8 Å². The van der Waals surface area contributed by atoms with Gasteiger partial charge in [0.1, 0.15) is 0 Å². The summed E-state index contributed by atoms with van der Waals surface area (Å²) in [6.07, 6.45) is 3.67. The number of nitrogens with zero attached hydrogens (tertiary/aromatic N) is 1. The second-order valence-corrected chi connectivity index (χ2v) is 16.2. The van der Waals surface area contributed by atoms with E-state index in [1.807, 2.05) is 0 Å². The molecule has 0 spiro atoms. The minimum Gasteiger partial charge on any atom is -0.310 e. The van der Waals surface area contributed by atoms with Gasteiger partial charge in [-0.05, 0) is 115 Å². The molecule has 53 heavy (non-hydrogen) atoms. The van der Waals surface area contributed by atoms with Crippen molar-refractivity contribution >= 4 is 39.0 Å². The molecular formula is C52H43N. The van der Waals surface area contributed by atoms with Crippen molar-refractivity contribution in [3.05, 3.63) is 198 Å². The largest absolute Gasteiger partial charge is 0.310 e. The second-order valence-electron chi connectivity index (χ2n) is 16.2. The highest BCUT2D eigenvalue weighted by Gasteiger charge is 2.49. The Morgan fingerprint density at radius 2 is 1.02 bits per heavy atom. The Morgan fingerprint density at radius 3 is 1.62 bits per heavy atom. The molecule has 0 N–H and O–H groups in total. The summed E-state index contributed by atoms with van der Waals surface area (Å²) in [5, 5.41) is 2.61. The number of fused-ring (bicyclic) bond motifs is 7.